The van der Waals surface area contributed by atoms with E-state index in [0.717, 1.165) is 8.20 Å². The number of hydrogen-bond donors (Lipinski definition) is 0. The second-order valence-electron chi connectivity index (χ2n) is 6.99. The van der Waals surface area contributed by atoms with E-state index in [1.165, 1.54) is 16.1 Å². The fourth-order valence-electron chi connectivity index (χ4n) is 2.31. The smallest absolute Gasteiger partial charge is 0.247 e. The molecule has 0 aliphatic rings. The quantitative estimate of drug-likeness (QED) is 0.717. The van der Waals surface area contributed by atoms with Crippen molar-refractivity contribution in [1.29, 1.82) is 0 Å². The van der Waals surface area contributed by atoms with Gasteiger partial charge in [0.15, 0.2) is 5.76 Å². The van der Waals surface area contributed by atoms with Gasteiger partial charge in [0.25, 0.3) is 0 Å². The lowest BCUT2D eigenvalue weighted by atomic mass is 9.86. The Kier molecular flexibility index (Phi) is 3.35. The van der Waals surface area contributed by atoms with E-state index in [-0.39, 0.29) is 16.4 Å². The maximum Gasteiger partial charge on any atom is 0.247 e. The molecule has 0 radical (unpaired) electrons. The molecule has 0 amide bonds. The Hall–Kier alpha value is -1.14. The molecule has 0 aliphatic carbocycles. The molecule has 2 aromatic rings. The van der Waals surface area contributed by atoms with Gasteiger partial charge < -0.3 is 4.42 Å². The lowest BCUT2D eigenvalue weighted by Gasteiger charge is -2.18. The second-order valence-corrected chi connectivity index (χ2v) is 8.07. The minimum Gasteiger partial charge on any atom is -0.460 e. The van der Waals surface area contributed by atoms with Gasteiger partial charge in [0, 0.05) is 4.94 Å². The summed E-state index contributed by atoms with van der Waals surface area (Å²) in [5, 5.41) is 0. The molecule has 2 nitrogen and oxygen atoms in total. The topological polar surface area (TPSA) is 30.2 Å². The van der Waals surface area contributed by atoms with Crippen LogP contribution >= 0.6 is 8.20 Å². The minimum atomic E-state index is 0.0426. The monoisotopic (exact) mass is 276 g/mol. The largest absolute Gasteiger partial charge is 0.460 e. The first-order valence-corrected chi connectivity index (χ1v) is 7.44. The summed E-state index contributed by atoms with van der Waals surface area (Å²) in [7, 11) is 0.744. The number of carbonyl (C=O) groups excluding carboxylic acids is 1. The van der Waals surface area contributed by atoms with Crippen molar-refractivity contribution >= 4 is 13.7 Å². The molecule has 1 aromatic carbocycles. The molecule has 0 saturated carbocycles. The van der Waals surface area contributed by atoms with Crippen molar-refractivity contribution < 1.29 is 9.21 Å². The first-order valence-electron chi connectivity index (χ1n) is 6.55. The molecule has 1 aromatic heterocycles. The molecule has 2 rings (SSSR count). The van der Waals surface area contributed by atoms with Gasteiger partial charge in [-0.25, -0.2) is 0 Å². The van der Waals surface area contributed by atoms with Crippen LogP contribution in [0.5, 0.6) is 0 Å². The summed E-state index contributed by atoms with van der Waals surface area (Å²) in [5.41, 5.74) is 2.98. The van der Waals surface area contributed by atoms with Crippen LogP contribution < -0.4 is 0 Å². The van der Waals surface area contributed by atoms with Crippen molar-refractivity contribution in [2.24, 2.45) is 0 Å². The molecular formula is C16H21O2P. The van der Waals surface area contributed by atoms with Gasteiger partial charge in [-0.1, -0.05) is 41.5 Å². The Bertz CT molecular complexity index is 580. The molecule has 0 N–H and O–H groups in total. The van der Waals surface area contributed by atoms with Gasteiger partial charge in [0.05, 0.1) is 6.26 Å². The standard InChI is InChI=1S/C16H21O2P/c1-15(2,3)11-12(16(4,5)6)13(11)19-14(17)10-8-7-9-18-10/h7-9H,1-6H3. The van der Waals surface area contributed by atoms with Crippen LogP contribution in [0, 0.1) is 4.94 Å². The van der Waals surface area contributed by atoms with Crippen LogP contribution in [0.15, 0.2) is 22.8 Å². The SMILES string of the molecule is CC(C)(C)c1c(C(C)(C)C)c1=PC(=O)c1ccco1. The lowest BCUT2D eigenvalue weighted by molar-refractivity contribution is 0.106. The maximum atomic E-state index is 12.1. The second kappa shape index (κ2) is 4.45. The van der Waals surface area contributed by atoms with Crippen LogP contribution in [0.2, 0.25) is 0 Å². The zero-order chi connectivity index (χ0) is 14.4. The van der Waals surface area contributed by atoms with E-state index in [2.05, 4.69) is 41.5 Å². The molecule has 3 heteroatoms. The minimum absolute atomic E-state index is 0.0426. The normalized spacial score (nSPS) is 13.4. The summed E-state index contributed by atoms with van der Waals surface area (Å²) in [4.78, 5) is 13.4. The third-order valence-corrected chi connectivity index (χ3v) is 4.20. The van der Waals surface area contributed by atoms with Crippen LogP contribution in [-0.2, 0) is 10.8 Å². The molecule has 0 atom stereocenters. The van der Waals surface area contributed by atoms with Crippen LogP contribution in [0.1, 0.15) is 63.2 Å². The maximum absolute atomic E-state index is 12.1. The summed E-state index contributed by atoms with van der Waals surface area (Å²) in [6, 6.07) is 3.48. The summed E-state index contributed by atoms with van der Waals surface area (Å²) >= 11 is 0. The van der Waals surface area contributed by atoms with Crippen LogP contribution in [0.4, 0.5) is 0 Å². The number of hydrogen-bond acceptors (Lipinski definition) is 2. The van der Waals surface area contributed by atoms with Crippen LogP contribution in [0.25, 0.3) is 0 Å². The fourth-order valence-corrected chi connectivity index (χ4v) is 3.81. The molecular weight excluding hydrogens is 255 g/mol. The van der Waals surface area contributed by atoms with Crippen molar-refractivity contribution in [3.63, 3.8) is 0 Å². The zero-order valence-electron chi connectivity index (χ0n) is 12.5. The van der Waals surface area contributed by atoms with Gasteiger partial charge in [-0.3, -0.25) is 4.79 Å². The molecule has 0 unspecified atom stereocenters. The van der Waals surface area contributed by atoms with E-state index in [9.17, 15) is 4.79 Å². The van der Waals surface area contributed by atoms with Crippen LogP contribution in [-0.4, -0.2) is 5.52 Å². The van der Waals surface area contributed by atoms with Crippen molar-refractivity contribution in [3.8, 4) is 0 Å². The zero-order valence-corrected chi connectivity index (χ0v) is 13.4. The van der Waals surface area contributed by atoms with Gasteiger partial charge >= 0.3 is 0 Å². The summed E-state index contributed by atoms with van der Waals surface area (Å²) < 4.78 is 5.18. The average molecular weight is 276 g/mol. The van der Waals surface area contributed by atoms with Crippen molar-refractivity contribution in [3.05, 3.63) is 40.2 Å². The lowest BCUT2D eigenvalue weighted by Crippen LogP contribution is -2.12. The van der Waals surface area contributed by atoms with E-state index in [0.29, 0.717) is 5.76 Å². The van der Waals surface area contributed by atoms with Gasteiger partial charge in [-0.2, -0.15) is 0 Å². The highest BCUT2D eigenvalue weighted by Crippen LogP contribution is 2.46. The number of furan rings is 1. The molecule has 0 saturated heterocycles. The highest BCUT2D eigenvalue weighted by atomic mass is 31.1. The van der Waals surface area contributed by atoms with Gasteiger partial charge in [-0.05, 0) is 42.3 Å². The average Bonchev–Trinajstić information content (AvgIpc) is 2.73. The predicted molar refractivity (Wildman–Crippen MR) is 79.4 cm³/mol. The van der Waals surface area contributed by atoms with E-state index >= 15 is 0 Å². The van der Waals surface area contributed by atoms with E-state index < -0.39 is 0 Å². The third-order valence-electron chi connectivity index (χ3n) is 3.11. The number of rotatable bonds is 2. The molecule has 0 fully saturated rings. The number of carbonyl (C=O) groups is 1. The molecule has 0 aliphatic heterocycles. The van der Waals surface area contributed by atoms with Crippen LogP contribution in [0.3, 0.4) is 0 Å². The van der Waals surface area contributed by atoms with Gasteiger partial charge in [0.2, 0.25) is 5.52 Å². The molecule has 1 heterocycles. The fraction of sp³-hybridized carbons (Fsp3) is 0.500. The molecule has 19 heavy (non-hydrogen) atoms. The summed E-state index contributed by atoms with van der Waals surface area (Å²) in [5.74, 6) is 0.447. The Balaban J connectivity index is 2.43. The Labute approximate surface area is 116 Å². The first-order chi connectivity index (χ1) is 8.62. The molecule has 0 spiro atoms. The molecule has 102 valence electrons. The predicted octanol–water partition coefficient (Wildman–Crippen LogP) is 5.07. The van der Waals surface area contributed by atoms with Gasteiger partial charge in [-0.15, -0.1) is 0 Å². The van der Waals surface area contributed by atoms with Gasteiger partial charge in [0.1, 0.15) is 0 Å². The summed E-state index contributed by atoms with van der Waals surface area (Å²) in [6.07, 6.45) is 1.54. The highest BCUT2D eigenvalue weighted by molar-refractivity contribution is 7.51. The summed E-state index contributed by atoms with van der Waals surface area (Å²) in [6.45, 7) is 13.2. The first kappa shape index (κ1) is 14.3. The van der Waals surface area contributed by atoms with E-state index in [1.54, 1.807) is 18.4 Å². The Morgan fingerprint density at radius 3 is 1.95 bits per heavy atom. The van der Waals surface area contributed by atoms with Crippen molar-refractivity contribution in [2.75, 3.05) is 0 Å². The van der Waals surface area contributed by atoms with Crippen molar-refractivity contribution in [1.82, 2.24) is 0 Å². The van der Waals surface area contributed by atoms with E-state index in [1.807, 2.05) is 0 Å². The molecule has 0 bridgehead atoms. The third kappa shape index (κ3) is 2.90. The Morgan fingerprint density at radius 1 is 1.05 bits per heavy atom. The van der Waals surface area contributed by atoms with Crippen molar-refractivity contribution in [2.45, 2.75) is 52.4 Å². The highest BCUT2D eigenvalue weighted by Gasteiger charge is 2.36. The Morgan fingerprint density at radius 2 is 1.58 bits per heavy atom. The van der Waals surface area contributed by atoms with E-state index in [4.69, 9.17) is 4.42 Å².